The molecule has 1 saturated heterocycles. The van der Waals surface area contributed by atoms with Gasteiger partial charge in [-0.2, -0.15) is 0 Å². The first kappa shape index (κ1) is 14.3. The summed E-state index contributed by atoms with van der Waals surface area (Å²) in [7, 11) is 2.25. The lowest BCUT2D eigenvalue weighted by Crippen LogP contribution is -2.34. The molecule has 0 bridgehead atoms. The molecule has 2 aromatic carbocycles. The summed E-state index contributed by atoms with van der Waals surface area (Å²) in [6, 6.07) is 19.7. The first-order chi connectivity index (χ1) is 11.8. The second-order valence-electron chi connectivity index (χ2n) is 7.24. The van der Waals surface area contributed by atoms with Crippen molar-refractivity contribution in [3.05, 3.63) is 71.4 Å². The van der Waals surface area contributed by atoms with Crippen molar-refractivity contribution in [3.63, 3.8) is 0 Å². The smallest absolute Gasteiger partial charge is 0.0859 e. The lowest BCUT2D eigenvalue weighted by Gasteiger charge is -2.42. The van der Waals surface area contributed by atoms with Crippen LogP contribution in [0, 0.1) is 5.92 Å². The van der Waals surface area contributed by atoms with Crippen molar-refractivity contribution in [2.45, 2.75) is 31.3 Å². The third-order valence-electron chi connectivity index (χ3n) is 6.10. The summed E-state index contributed by atoms with van der Waals surface area (Å²) in [5, 5.41) is 1.45. The fraction of sp³-hybridized carbons (Fsp3) is 0.364. The molecule has 1 aliphatic heterocycles. The monoisotopic (exact) mass is 317 g/mol. The predicted octanol–water partition coefficient (Wildman–Crippen LogP) is 4.99. The van der Waals surface area contributed by atoms with E-state index in [-0.39, 0.29) is 6.10 Å². The van der Waals surface area contributed by atoms with Gasteiger partial charge in [-0.15, -0.1) is 0 Å². The second kappa shape index (κ2) is 5.49. The molecule has 1 aliphatic carbocycles. The van der Waals surface area contributed by atoms with Crippen molar-refractivity contribution in [3.8, 4) is 0 Å². The normalized spacial score (nSPS) is 26.1. The predicted molar refractivity (Wildman–Crippen MR) is 97.2 cm³/mol. The number of rotatable bonds is 1. The molecule has 2 heterocycles. The Labute approximate surface area is 143 Å². The van der Waals surface area contributed by atoms with Gasteiger partial charge < -0.3 is 9.30 Å². The maximum Gasteiger partial charge on any atom is 0.0859 e. The van der Waals surface area contributed by atoms with Gasteiger partial charge in [0.15, 0.2) is 0 Å². The first-order valence-corrected chi connectivity index (χ1v) is 9.07. The molecule has 1 fully saturated rings. The van der Waals surface area contributed by atoms with Gasteiger partial charge >= 0.3 is 0 Å². The molecule has 0 unspecified atom stereocenters. The molecule has 0 saturated carbocycles. The zero-order valence-electron chi connectivity index (χ0n) is 14.1. The lowest BCUT2D eigenvalue weighted by atomic mass is 9.71. The van der Waals surface area contributed by atoms with Crippen molar-refractivity contribution in [2.75, 3.05) is 6.61 Å². The van der Waals surface area contributed by atoms with Crippen LogP contribution in [-0.2, 0) is 18.2 Å². The van der Waals surface area contributed by atoms with Gasteiger partial charge in [-0.3, -0.25) is 0 Å². The van der Waals surface area contributed by atoms with Gasteiger partial charge in [0.2, 0.25) is 0 Å². The number of ether oxygens (including phenoxy) is 1. The van der Waals surface area contributed by atoms with Crippen LogP contribution in [0.5, 0.6) is 0 Å². The van der Waals surface area contributed by atoms with E-state index in [4.69, 9.17) is 4.74 Å². The highest BCUT2D eigenvalue weighted by molar-refractivity contribution is 5.86. The number of fused-ring (bicyclic) bond motifs is 5. The van der Waals surface area contributed by atoms with Crippen LogP contribution in [0.1, 0.15) is 41.7 Å². The summed E-state index contributed by atoms with van der Waals surface area (Å²) >= 11 is 0. The molecule has 3 aromatic rings. The number of aromatic nitrogens is 1. The van der Waals surface area contributed by atoms with Crippen molar-refractivity contribution in [1.82, 2.24) is 4.57 Å². The van der Waals surface area contributed by atoms with Gasteiger partial charge in [0, 0.05) is 36.2 Å². The van der Waals surface area contributed by atoms with Crippen molar-refractivity contribution in [1.29, 1.82) is 0 Å². The van der Waals surface area contributed by atoms with Crippen LogP contribution in [-0.4, -0.2) is 11.2 Å². The van der Waals surface area contributed by atoms with Gasteiger partial charge in [-0.1, -0.05) is 48.5 Å². The molecule has 2 heteroatoms. The van der Waals surface area contributed by atoms with Crippen LogP contribution in [0.2, 0.25) is 0 Å². The second-order valence-corrected chi connectivity index (χ2v) is 7.24. The Bertz CT molecular complexity index is 880. The molecule has 2 aliphatic rings. The van der Waals surface area contributed by atoms with Crippen LogP contribution in [0.25, 0.3) is 10.9 Å². The molecule has 122 valence electrons. The zero-order chi connectivity index (χ0) is 16.1. The third-order valence-corrected chi connectivity index (χ3v) is 6.10. The van der Waals surface area contributed by atoms with E-state index in [2.05, 4.69) is 66.2 Å². The molecular formula is C22H23NO. The van der Waals surface area contributed by atoms with Gasteiger partial charge in [-0.05, 0) is 42.4 Å². The van der Waals surface area contributed by atoms with Crippen LogP contribution in [0.3, 0.4) is 0 Å². The van der Waals surface area contributed by atoms with E-state index in [1.165, 1.54) is 29.3 Å². The number of para-hydroxylation sites is 1. The van der Waals surface area contributed by atoms with Crippen molar-refractivity contribution < 1.29 is 4.74 Å². The average molecular weight is 317 g/mol. The number of aryl methyl sites for hydroxylation is 2. The van der Waals surface area contributed by atoms with Gasteiger partial charge in [-0.25, -0.2) is 0 Å². The minimum absolute atomic E-state index is 0.246. The third kappa shape index (κ3) is 1.99. The molecule has 5 rings (SSSR count). The topological polar surface area (TPSA) is 14.2 Å². The summed E-state index contributed by atoms with van der Waals surface area (Å²) in [5.74, 6) is 1.21. The van der Waals surface area contributed by atoms with Crippen molar-refractivity contribution in [2.24, 2.45) is 13.0 Å². The van der Waals surface area contributed by atoms with E-state index in [0.29, 0.717) is 11.8 Å². The van der Waals surface area contributed by atoms with Crippen LogP contribution in [0.15, 0.2) is 54.6 Å². The lowest BCUT2D eigenvalue weighted by molar-refractivity contribution is -0.0471. The largest absolute Gasteiger partial charge is 0.373 e. The number of hydrogen-bond acceptors (Lipinski definition) is 1. The van der Waals surface area contributed by atoms with Crippen LogP contribution in [0.4, 0.5) is 0 Å². The van der Waals surface area contributed by atoms with Gasteiger partial charge in [0.25, 0.3) is 0 Å². The summed E-state index contributed by atoms with van der Waals surface area (Å²) in [6.07, 6.45) is 3.79. The van der Waals surface area contributed by atoms with E-state index >= 15 is 0 Å². The first-order valence-electron chi connectivity index (χ1n) is 9.07. The average Bonchev–Trinajstić information content (AvgIpc) is 2.95. The van der Waals surface area contributed by atoms with Crippen LogP contribution >= 0.6 is 0 Å². The summed E-state index contributed by atoms with van der Waals surface area (Å²) < 4.78 is 8.71. The van der Waals surface area contributed by atoms with Gasteiger partial charge in [0.05, 0.1) is 6.10 Å². The summed E-state index contributed by atoms with van der Waals surface area (Å²) in [5.41, 5.74) is 5.88. The molecule has 1 aromatic heterocycles. The van der Waals surface area contributed by atoms with E-state index in [9.17, 15) is 0 Å². The molecule has 0 N–H and O–H groups in total. The Kier molecular flexibility index (Phi) is 3.27. The Morgan fingerprint density at radius 3 is 2.62 bits per heavy atom. The molecule has 0 amide bonds. The Hall–Kier alpha value is -2.06. The SMILES string of the molecule is Cn1c2c(c3ccccc31)CC[C@H]1[C@@H]2CCO[C@H]1c1ccccc1. The highest BCUT2D eigenvalue weighted by Crippen LogP contribution is 2.50. The summed E-state index contributed by atoms with van der Waals surface area (Å²) in [4.78, 5) is 0. The van der Waals surface area contributed by atoms with Crippen molar-refractivity contribution >= 4 is 10.9 Å². The maximum atomic E-state index is 6.25. The molecule has 2 nitrogen and oxygen atoms in total. The minimum Gasteiger partial charge on any atom is -0.373 e. The molecule has 3 atom stereocenters. The highest BCUT2D eigenvalue weighted by Gasteiger charge is 2.41. The van der Waals surface area contributed by atoms with E-state index in [1.54, 1.807) is 11.3 Å². The van der Waals surface area contributed by atoms with E-state index in [1.807, 2.05) is 0 Å². The molecular weight excluding hydrogens is 294 g/mol. The minimum atomic E-state index is 0.246. The molecule has 0 radical (unpaired) electrons. The summed E-state index contributed by atoms with van der Waals surface area (Å²) in [6.45, 7) is 0.863. The zero-order valence-corrected chi connectivity index (χ0v) is 14.1. The van der Waals surface area contributed by atoms with Crippen LogP contribution < -0.4 is 0 Å². The fourth-order valence-corrected chi connectivity index (χ4v) is 5.09. The Balaban J connectivity index is 1.62. The standard InChI is InChI=1S/C22H23NO/c1-23-20-10-6-5-9-16(20)17-11-12-19-18(21(17)23)13-14-24-22(19)15-7-3-2-4-8-15/h2-10,18-19,22H,11-14H2,1H3/t18-,19-,22-/m0/s1. The van der Waals surface area contributed by atoms with E-state index in [0.717, 1.165) is 13.0 Å². The van der Waals surface area contributed by atoms with Gasteiger partial charge in [0.1, 0.15) is 0 Å². The quantitative estimate of drug-likeness (QED) is 0.617. The Morgan fingerprint density at radius 2 is 1.75 bits per heavy atom. The number of hydrogen-bond donors (Lipinski definition) is 0. The fourth-order valence-electron chi connectivity index (χ4n) is 5.09. The highest BCUT2D eigenvalue weighted by atomic mass is 16.5. The Morgan fingerprint density at radius 1 is 0.958 bits per heavy atom. The van der Waals surface area contributed by atoms with E-state index < -0.39 is 0 Å². The molecule has 0 spiro atoms. The molecule has 24 heavy (non-hydrogen) atoms. The number of benzene rings is 2. The number of nitrogens with zero attached hydrogens (tertiary/aromatic N) is 1. The maximum absolute atomic E-state index is 6.25.